The molecule has 0 amide bonds. The molecule has 0 saturated heterocycles. The number of sulfone groups is 1. The van der Waals surface area contributed by atoms with E-state index in [1.54, 1.807) is 23.0 Å². The molecule has 0 fully saturated rings. The van der Waals surface area contributed by atoms with Crippen molar-refractivity contribution >= 4 is 15.8 Å². The zero-order chi connectivity index (χ0) is 18.3. The van der Waals surface area contributed by atoms with Crippen LogP contribution >= 0.6 is 0 Å². The topological polar surface area (TPSA) is 88.4 Å². The second kappa shape index (κ2) is 8.66. The number of nitrogens with zero attached hydrogens (tertiary/aromatic N) is 3. The van der Waals surface area contributed by atoms with Crippen LogP contribution in [0.5, 0.6) is 0 Å². The first-order valence-corrected chi connectivity index (χ1v) is 10.1. The maximum absolute atomic E-state index is 11.5. The fourth-order valence-corrected chi connectivity index (χ4v) is 2.92. The molecule has 136 valence electrons. The molecule has 2 rings (SSSR count). The molecule has 1 aromatic carbocycles. The summed E-state index contributed by atoms with van der Waals surface area (Å²) in [6, 6.07) is 6.98. The Balaban J connectivity index is 1.88. The van der Waals surface area contributed by atoms with E-state index in [4.69, 9.17) is 0 Å². The van der Waals surface area contributed by atoms with Crippen LogP contribution in [0.2, 0.25) is 0 Å². The van der Waals surface area contributed by atoms with E-state index in [0.717, 1.165) is 30.1 Å². The second-order valence-corrected chi connectivity index (χ2v) is 7.83. The highest BCUT2D eigenvalue weighted by molar-refractivity contribution is 7.90. The van der Waals surface area contributed by atoms with E-state index < -0.39 is 9.84 Å². The van der Waals surface area contributed by atoms with Gasteiger partial charge in [0.15, 0.2) is 15.8 Å². The van der Waals surface area contributed by atoms with Crippen molar-refractivity contribution < 1.29 is 8.42 Å². The molecule has 0 bridgehead atoms. The molecule has 1 heterocycles. The average Bonchev–Trinajstić information content (AvgIpc) is 2.98. The van der Waals surface area contributed by atoms with Gasteiger partial charge in [-0.2, -0.15) is 5.10 Å². The molecule has 2 aromatic rings. The molecule has 0 unspecified atom stereocenters. The molecule has 2 N–H and O–H groups in total. The van der Waals surface area contributed by atoms with Crippen LogP contribution < -0.4 is 10.6 Å². The molecule has 0 atom stereocenters. The van der Waals surface area contributed by atoms with Gasteiger partial charge < -0.3 is 10.6 Å². The first kappa shape index (κ1) is 19.0. The van der Waals surface area contributed by atoms with Gasteiger partial charge in [0.25, 0.3) is 0 Å². The van der Waals surface area contributed by atoms with Crippen LogP contribution in [-0.4, -0.2) is 43.5 Å². The van der Waals surface area contributed by atoms with Crippen LogP contribution in [0.25, 0.3) is 0 Å². The minimum Gasteiger partial charge on any atom is -0.357 e. The summed E-state index contributed by atoms with van der Waals surface area (Å²) in [6.07, 6.45) is 5.74. The van der Waals surface area contributed by atoms with Crippen LogP contribution in [0.3, 0.4) is 0 Å². The zero-order valence-electron chi connectivity index (χ0n) is 14.9. The fraction of sp³-hybridized carbons (Fsp3) is 0.412. The highest BCUT2D eigenvalue weighted by Gasteiger charge is 2.06. The van der Waals surface area contributed by atoms with Crippen LogP contribution in [0.1, 0.15) is 18.1 Å². The van der Waals surface area contributed by atoms with Gasteiger partial charge in [0.05, 0.1) is 17.6 Å². The number of benzene rings is 1. The zero-order valence-corrected chi connectivity index (χ0v) is 15.7. The average molecular weight is 363 g/mol. The fourth-order valence-electron chi connectivity index (χ4n) is 2.29. The molecule has 0 spiro atoms. The summed E-state index contributed by atoms with van der Waals surface area (Å²) in [5.41, 5.74) is 2.12. The summed E-state index contributed by atoms with van der Waals surface area (Å²) < 4.78 is 24.7. The Morgan fingerprint density at radius 3 is 2.48 bits per heavy atom. The van der Waals surface area contributed by atoms with Gasteiger partial charge in [0.2, 0.25) is 0 Å². The lowest BCUT2D eigenvalue weighted by Crippen LogP contribution is -2.38. The first-order chi connectivity index (χ1) is 11.9. The smallest absolute Gasteiger partial charge is 0.191 e. The number of rotatable bonds is 7. The Hall–Kier alpha value is -2.35. The number of guanidine groups is 1. The molecule has 0 aliphatic carbocycles. The van der Waals surface area contributed by atoms with Gasteiger partial charge in [-0.1, -0.05) is 12.1 Å². The molecular formula is C17H25N5O2S. The standard InChI is InChI=1S/C17H25N5O2S/c1-4-18-17(20-11-15-12-21-22(2)13-15)19-10-9-14-5-7-16(8-6-14)25(3,23)24/h5-8,12-13H,4,9-11H2,1-3H3,(H2,18,19,20). The Kier molecular flexibility index (Phi) is 6.58. The largest absolute Gasteiger partial charge is 0.357 e. The van der Waals surface area contributed by atoms with Crippen LogP contribution in [-0.2, 0) is 29.9 Å². The predicted octanol–water partition coefficient (Wildman–Crippen LogP) is 1.12. The molecule has 0 radical (unpaired) electrons. The van der Waals surface area contributed by atoms with Gasteiger partial charge in [-0.3, -0.25) is 4.68 Å². The minimum atomic E-state index is -3.14. The highest BCUT2D eigenvalue weighted by Crippen LogP contribution is 2.10. The summed E-state index contributed by atoms with van der Waals surface area (Å²) >= 11 is 0. The minimum absolute atomic E-state index is 0.343. The lowest BCUT2D eigenvalue weighted by molar-refractivity contribution is 0.602. The first-order valence-electron chi connectivity index (χ1n) is 8.17. The van der Waals surface area contributed by atoms with Gasteiger partial charge in [-0.25, -0.2) is 13.4 Å². The highest BCUT2D eigenvalue weighted by atomic mass is 32.2. The molecule has 0 aliphatic rings. The third kappa shape index (κ3) is 6.22. The Bertz CT molecular complexity index is 810. The Morgan fingerprint density at radius 1 is 1.20 bits per heavy atom. The van der Waals surface area contributed by atoms with Crippen molar-refractivity contribution in [1.29, 1.82) is 0 Å². The van der Waals surface area contributed by atoms with E-state index in [0.29, 0.717) is 18.0 Å². The lowest BCUT2D eigenvalue weighted by atomic mass is 10.1. The molecule has 25 heavy (non-hydrogen) atoms. The summed E-state index contributed by atoms with van der Waals surface area (Å²) in [6.45, 7) is 4.07. The number of hydrogen-bond acceptors (Lipinski definition) is 4. The van der Waals surface area contributed by atoms with E-state index in [9.17, 15) is 8.42 Å². The van der Waals surface area contributed by atoms with E-state index in [1.165, 1.54) is 6.26 Å². The normalized spacial score (nSPS) is 12.2. The molecule has 0 aliphatic heterocycles. The Labute approximate surface area is 149 Å². The van der Waals surface area contributed by atoms with Gasteiger partial charge >= 0.3 is 0 Å². The van der Waals surface area contributed by atoms with E-state index in [1.807, 2.05) is 32.3 Å². The number of nitrogens with one attached hydrogen (secondary N) is 2. The van der Waals surface area contributed by atoms with Crippen LogP contribution in [0.15, 0.2) is 46.5 Å². The third-order valence-corrected chi connectivity index (χ3v) is 4.71. The quantitative estimate of drug-likeness (QED) is 0.568. The van der Waals surface area contributed by atoms with Gasteiger partial charge in [0.1, 0.15) is 0 Å². The van der Waals surface area contributed by atoms with Gasteiger partial charge in [-0.05, 0) is 31.0 Å². The molecule has 0 saturated carbocycles. The predicted molar refractivity (Wildman–Crippen MR) is 99.3 cm³/mol. The van der Waals surface area contributed by atoms with Crippen molar-refractivity contribution in [1.82, 2.24) is 20.4 Å². The molecular weight excluding hydrogens is 338 g/mol. The third-order valence-electron chi connectivity index (χ3n) is 3.58. The monoisotopic (exact) mass is 363 g/mol. The Morgan fingerprint density at radius 2 is 1.92 bits per heavy atom. The van der Waals surface area contributed by atoms with Crippen molar-refractivity contribution in [2.45, 2.75) is 24.8 Å². The van der Waals surface area contributed by atoms with E-state index >= 15 is 0 Å². The van der Waals surface area contributed by atoms with Crippen LogP contribution in [0.4, 0.5) is 0 Å². The lowest BCUT2D eigenvalue weighted by Gasteiger charge is -2.11. The summed E-state index contributed by atoms with van der Waals surface area (Å²) in [4.78, 5) is 4.88. The molecule has 1 aromatic heterocycles. The summed E-state index contributed by atoms with van der Waals surface area (Å²) in [5.74, 6) is 0.749. The van der Waals surface area contributed by atoms with Crippen molar-refractivity contribution in [3.8, 4) is 0 Å². The van der Waals surface area contributed by atoms with Crippen molar-refractivity contribution in [2.75, 3.05) is 19.3 Å². The summed E-state index contributed by atoms with van der Waals surface area (Å²) in [5, 5.41) is 10.6. The van der Waals surface area contributed by atoms with Crippen molar-refractivity contribution in [2.24, 2.45) is 12.0 Å². The number of aryl methyl sites for hydroxylation is 1. The second-order valence-electron chi connectivity index (χ2n) is 5.81. The molecule has 7 nitrogen and oxygen atoms in total. The van der Waals surface area contributed by atoms with Gasteiger partial charge in [-0.15, -0.1) is 0 Å². The van der Waals surface area contributed by atoms with E-state index in [-0.39, 0.29) is 0 Å². The van der Waals surface area contributed by atoms with Crippen molar-refractivity contribution in [3.63, 3.8) is 0 Å². The van der Waals surface area contributed by atoms with E-state index in [2.05, 4.69) is 20.7 Å². The number of hydrogen-bond donors (Lipinski definition) is 2. The molecule has 8 heteroatoms. The summed E-state index contributed by atoms with van der Waals surface area (Å²) in [7, 11) is -1.26. The maximum Gasteiger partial charge on any atom is 0.191 e. The number of aliphatic imine (C=N–C) groups is 1. The van der Waals surface area contributed by atoms with Crippen LogP contribution in [0, 0.1) is 0 Å². The number of aromatic nitrogens is 2. The maximum atomic E-state index is 11.5. The SMILES string of the molecule is CCNC(=NCc1cnn(C)c1)NCCc1ccc(S(C)(=O)=O)cc1. The van der Waals surface area contributed by atoms with Crippen molar-refractivity contribution in [3.05, 3.63) is 47.8 Å². The van der Waals surface area contributed by atoms with Gasteiger partial charge in [0, 0.05) is 38.2 Å².